The van der Waals surface area contributed by atoms with E-state index in [4.69, 9.17) is 9.47 Å². The zero-order valence-corrected chi connectivity index (χ0v) is 14.8. The molecule has 0 fully saturated rings. The highest BCUT2D eigenvalue weighted by Gasteiger charge is 2.17. The van der Waals surface area contributed by atoms with E-state index in [1.165, 1.54) is 29.8 Å². The van der Waals surface area contributed by atoms with Crippen molar-refractivity contribution in [2.45, 2.75) is 33.3 Å². The summed E-state index contributed by atoms with van der Waals surface area (Å²) >= 11 is 0. The summed E-state index contributed by atoms with van der Waals surface area (Å²) in [5.74, 6) is 0.730. The zero-order chi connectivity index (χ0) is 18.2. The summed E-state index contributed by atoms with van der Waals surface area (Å²) < 4.78 is 24.2. The normalized spacial score (nSPS) is 11.7. The Morgan fingerprint density at radius 1 is 1.16 bits per heavy atom. The summed E-state index contributed by atoms with van der Waals surface area (Å²) in [6.45, 7) is 6.64. The quantitative estimate of drug-likeness (QED) is 0.741. The first-order valence-corrected chi connectivity index (χ1v) is 8.39. The van der Waals surface area contributed by atoms with Crippen molar-refractivity contribution in [3.05, 3.63) is 59.4 Å². The molecule has 0 saturated carbocycles. The second-order valence-electron chi connectivity index (χ2n) is 5.88. The van der Waals surface area contributed by atoms with Crippen LogP contribution in [0.2, 0.25) is 0 Å². The SMILES string of the molecule is CC[C@@H](Oc1ccc(F)cc1)C(=O)NCCOc1ccc(C)cc1C. The molecule has 0 heterocycles. The molecule has 25 heavy (non-hydrogen) atoms. The minimum atomic E-state index is -0.619. The molecule has 0 saturated heterocycles. The summed E-state index contributed by atoms with van der Waals surface area (Å²) in [6.07, 6.45) is -0.104. The van der Waals surface area contributed by atoms with Gasteiger partial charge in [-0.15, -0.1) is 0 Å². The van der Waals surface area contributed by atoms with Crippen molar-refractivity contribution in [2.75, 3.05) is 13.2 Å². The lowest BCUT2D eigenvalue weighted by molar-refractivity contribution is -0.128. The molecule has 0 aliphatic heterocycles. The van der Waals surface area contributed by atoms with Crippen molar-refractivity contribution >= 4 is 5.91 Å². The third-order valence-electron chi connectivity index (χ3n) is 3.74. The number of nitrogens with one attached hydrogen (secondary N) is 1. The van der Waals surface area contributed by atoms with E-state index in [1.807, 2.05) is 32.9 Å². The predicted octanol–water partition coefficient (Wildman–Crippen LogP) is 3.80. The summed E-state index contributed by atoms with van der Waals surface area (Å²) in [5.41, 5.74) is 2.25. The first-order chi connectivity index (χ1) is 12.0. The van der Waals surface area contributed by atoms with Gasteiger partial charge in [-0.05, 0) is 56.2 Å². The van der Waals surface area contributed by atoms with Gasteiger partial charge in [-0.25, -0.2) is 4.39 Å². The number of halogens is 1. The van der Waals surface area contributed by atoms with Crippen molar-refractivity contribution in [1.29, 1.82) is 0 Å². The zero-order valence-electron chi connectivity index (χ0n) is 14.8. The topological polar surface area (TPSA) is 47.6 Å². The molecule has 0 bridgehead atoms. The number of benzene rings is 2. The molecule has 0 aromatic heterocycles. The van der Waals surface area contributed by atoms with Crippen LogP contribution in [0.5, 0.6) is 11.5 Å². The lowest BCUT2D eigenvalue weighted by Gasteiger charge is -2.17. The fourth-order valence-corrected chi connectivity index (χ4v) is 2.41. The molecule has 1 amide bonds. The summed E-state index contributed by atoms with van der Waals surface area (Å²) in [4.78, 5) is 12.2. The van der Waals surface area contributed by atoms with Crippen molar-refractivity contribution in [2.24, 2.45) is 0 Å². The third kappa shape index (κ3) is 5.78. The van der Waals surface area contributed by atoms with E-state index in [-0.39, 0.29) is 11.7 Å². The second kappa shape index (κ2) is 9.06. The first kappa shape index (κ1) is 18.8. The summed E-state index contributed by atoms with van der Waals surface area (Å²) in [5, 5.41) is 2.80. The maximum atomic E-state index is 12.9. The van der Waals surface area contributed by atoms with Crippen molar-refractivity contribution in [3.8, 4) is 11.5 Å². The number of amides is 1. The molecule has 2 aromatic rings. The van der Waals surface area contributed by atoms with Gasteiger partial charge < -0.3 is 14.8 Å². The fraction of sp³-hybridized carbons (Fsp3) is 0.350. The highest BCUT2D eigenvalue weighted by Crippen LogP contribution is 2.18. The van der Waals surface area contributed by atoms with Crippen molar-refractivity contribution in [3.63, 3.8) is 0 Å². The highest BCUT2D eigenvalue weighted by molar-refractivity contribution is 5.81. The van der Waals surface area contributed by atoms with Gasteiger partial charge in [0, 0.05) is 0 Å². The first-order valence-electron chi connectivity index (χ1n) is 8.39. The third-order valence-corrected chi connectivity index (χ3v) is 3.74. The van der Waals surface area contributed by atoms with E-state index in [2.05, 4.69) is 11.4 Å². The Labute approximate surface area is 148 Å². The number of aryl methyl sites for hydroxylation is 2. The smallest absolute Gasteiger partial charge is 0.261 e. The molecule has 2 rings (SSSR count). The van der Waals surface area contributed by atoms with E-state index >= 15 is 0 Å². The van der Waals surface area contributed by atoms with Gasteiger partial charge in [0.15, 0.2) is 6.10 Å². The van der Waals surface area contributed by atoms with E-state index in [0.29, 0.717) is 25.3 Å². The van der Waals surface area contributed by atoms with Gasteiger partial charge in [-0.1, -0.05) is 24.6 Å². The molecule has 0 aliphatic carbocycles. The van der Waals surface area contributed by atoms with Gasteiger partial charge in [0.05, 0.1) is 6.54 Å². The number of ether oxygens (including phenoxy) is 2. The molecule has 0 spiro atoms. The van der Waals surface area contributed by atoms with Crippen LogP contribution in [0.25, 0.3) is 0 Å². The van der Waals surface area contributed by atoms with E-state index in [1.54, 1.807) is 0 Å². The lowest BCUT2D eigenvalue weighted by Crippen LogP contribution is -2.39. The molecule has 1 N–H and O–H groups in total. The molecule has 0 aliphatic rings. The van der Waals surface area contributed by atoms with Gasteiger partial charge in [-0.2, -0.15) is 0 Å². The average molecular weight is 345 g/mol. The van der Waals surface area contributed by atoms with Gasteiger partial charge in [0.25, 0.3) is 5.91 Å². The Morgan fingerprint density at radius 3 is 2.52 bits per heavy atom. The monoisotopic (exact) mass is 345 g/mol. The van der Waals surface area contributed by atoms with Crippen LogP contribution in [0.1, 0.15) is 24.5 Å². The summed E-state index contributed by atoms with van der Waals surface area (Å²) in [6, 6.07) is 11.6. The Morgan fingerprint density at radius 2 is 1.88 bits per heavy atom. The summed E-state index contributed by atoms with van der Waals surface area (Å²) in [7, 11) is 0. The van der Waals surface area contributed by atoms with Crippen LogP contribution in [-0.2, 0) is 4.79 Å². The van der Waals surface area contributed by atoms with E-state index < -0.39 is 6.10 Å². The number of carbonyl (C=O) groups is 1. The van der Waals surface area contributed by atoms with Gasteiger partial charge in [0.2, 0.25) is 0 Å². The Kier molecular flexibility index (Phi) is 6.81. The molecule has 134 valence electrons. The van der Waals surface area contributed by atoms with E-state index in [0.717, 1.165) is 11.3 Å². The lowest BCUT2D eigenvalue weighted by atomic mass is 10.1. The van der Waals surface area contributed by atoms with E-state index in [9.17, 15) is 9.18 Å². The van der Waals surface area contributed by atoms with Gasteiger partial charge in [-0.3, -0.25) is 4.79 Å². The molecular formula is C20H24FNO3. The number of hydrogen-bond acceptors (Lipinski definition) is 3. The average Bonchev–Trinajstić information content (AvgIpc) is 2.59. The number of hydrogen-bond donors (Lipinski definition) is 1. The largest absolute Gasteiger partial charge is 0.491 e. The molecule has 0 unspecified atom stereocenters. The Balaban J connectivity index is 1.78. The maximum Gasteiger partial charge on any atom is 0.261 e. The van der Waals surface area contributed by atoms with Crippen molar-refractivity contribution < 1.29 is 18.7 Å². The molecule has 2 aromatic carbocycles. The highest BCUT2D eigenvalue weighted by atomic mass is 19.1. The van der Waals surface area contributed by atoms with Crippen LogP contribution in [0, 0.1) is 19.7 Å². The number of rotatable bonds is 8. The van der Waals surface area contributed by atoms with Gasteiger partial charge in [0.1, 0.15) is 23.9 Å². The molecule has 0 radical (unpaired) electrons. The van der Waals surface area contributed by atoms with Gasteiger partial charge >= 0.3 is 0 Å². The Hall–Kier alpha value is -2.56. The number of carbonyl (C=O) groups excluding carboxylic acids is 1. The Bertz CT molecular complexity index is 701. The second-order valence-corrected chi connectivity index (χ2v) is 5.88. The molecular weight excluding hydrogens is 321 g/mol. The minimum absolute atomic E-state index is 0.212. The van der Waals surface area contributed by atoms with Crippen LogP contribution in [0.15, 0.2) is 42.5 Å². The molecule has 4 nitrogen and oxygen atoms in total. The maximum absolute atomic E-state index is 12.9. The van der Waals surface area contributed by atoms with Crippen LogP contribution >= 0.6 is 0 Å². The molecule has 5 heteroatoms. The minimum Gasteiger partial charge on any atom is -0.491 e. The predicted molar refractivity (Wildman–Crippen MR) is 95.5 cm³/mol. The van der Waals surface area contributed by atoms with Crippen LogP contribution in [0.3, 0.4) is 0 Å². The molecule has 1 atom stereocenters. The fourth-order valence-electron chi connectivity index (χ4n) is 2.41. The standard InChI is InChI=1S/C20H24FNO3/c1-4-18(25-17-8-6-16(21)7-9-17)20(23)22-11-12-24-19-10-5-14(2)13-15(19)3/h5-10,13,18H,4,11-12H2,1-3H3,(H,22,23)/t18-/m1/s1. The van der Waals surface area contributed by atoms with Crippen LogP contribution < -0.4 is 14.8 Å². The van der Waals surface area contributed by atoms with Crippen LogP contribution in [0.4, 0.5) is 4.39 Å². The van der Waals surface area contributed by atoms with Crippen LogP contribution in [-0.4, -0.2) is 25.2 Å². The van der Waals surface area contributed by atoms with Crippen molar-refractivity contribution in [1.82, 2.24) is 5.32 Å².